The van der Waals surface area contributed by atoms with Gasteiger partial charge in [0.05, 0.1) is 19.8 Å². The smallest absolute Gasteiger partial charge is 0.242 e. The third-order valence-electron chi connectivity index (χ3n) is 4.90. The second kappa shape index (κ2) is 6.88. The molecule has 10 heteroatoms. The topological polar surface area (TPSA) is 79.6 Å². The molecule has 2 aromatic rings. The van der Waals surface area contributed by atoms with E-state index in [2.05, 4.69) is 14.9 Å². The molecule has 0 bridgehead atoms. The Hall–Kier alpha value is -2.13. The summed E-state index contributed by atoms with van der Waals surface area (Å²) in [5.74, 6) is 1.57. The molecule has 0 radical (unpaired) electrons. The van der Waals surface area contributed by atoms with Gasteiger partial charge in [-0.3, -0.25) is 9.36 Å². The number of carbonyl (C=O) groups is 1. The fourth-order valence-electron chi connectivity index (χ4n) is 3.41. The van der Waals surface area contributed by atoms with Crippen LogP contribution in [0.3, 0.4) is 0 Å². The monoisotopic (exact) mass is 379 g/mol. The predicted molar refractivity (Wildman–Crippen MR) is 98.9 cm³/mol. The molecule has 9 nitrogen and oxygen atoms in total. The maximum absolute atomic E-state index is 12.1. The number of ether oxygens (including phenoxy) is 1. The van der Waals surface area contributed by atoms with Crippen LogP contribution in [0, 0.1) is 0 Å². The number of piperazine rings is 1. The van der Waals surface area contributed by atoms with E-state index in [1.165, 1.54) is 0 Å². The van der Waals surface area contributed by atoms with Crippen LogP contribution in [0.15, 0.2) is 0 Å². The number of rotatable bonds is 3. The molecule has 26 heavy (non-hydrogen) atoms. The molecule has 4 rings (SSSR count). The molecule has 140 valence electrons. The van der Waals surface area contributed by atoms with Crippen molar-refractivity contribution in [3.05, 3.63) is 5.28 Å². The molecule has 2 saturated heterocycles. The quantitative estimate of drug-likeness (QED) is 0.723. The van der Waals surface area contributed by atoms with Gasteiger partial charge in [0, 0.05) is 39.8 Å². The highest BCUT2D eigenvalue weighted by molar-refractivity contribution is 6.28. The molecule has 2 aliphatic rings. The summed E-state index contributed by atoms with van der Waals surface area (Å²) in [7, 11) is 1.82. The fourth-order valence-corrected chi connectivity index (χ4v) is 3.57. The summed E-state index contributed by atoms with van der Waals surface area (Å²) in [5.41, 5.74) is 1.43. The highest BCUT2D eigenvalue weighted by Crippen LogP contribution is 2.30. The van der Waals surface area contributed by atoms with Crippen molar-refractivity contribution < 1.29 is 9.53 Å². The molecule has 0 unspecified atom stereocenters. The van der Waals surface area contributed by atoms with Gasteiger partial charge in [-0.2, -0.15) is 9.97 Å². The Bertz CT molecular complexity index is 834. The number of fused-ring (bicyclic) bond motifs is 1. The van der Waals surface area contributed by atoms with Crippen LogP contribution in [0.25, 0.3) is 11.2 Å². The summed E-state index contributed by atoms with van der Waals surface area (Å²) in [6, 6.07) is 0. The third kappa shape index (κ3) is 2.95. The Labute approximate surface area is 156 Å². The van der Waals surface area contributed by atoms with Crippen molar-refractivity contribution in [2.45, 2.75) is 13.5 Å². The number of likely N-dealkylation sites (N-methyl/N-ethyl adjacent to an activating group) is 1. The number of morpholine rings is 1. The number of aryl methyl sites for hydroxylation is 1. The lowest BCUT2D eigenvalue weighted by Crippen LogP contribution is -2.49. The normalized spacial score (nSPS) is 18.9. The summed E-state index contributed by atoms with van der Waals surface area (Å²) >= 11 is 6.21. The van der Waals surface area contributed by atoms with Crippen LogP contribution in [0.2, 0.25) is 5.28 Å². The Morgan fingerprint density at radius 1 is 1.08 bits per heavy atom. The summed E-state index contributed by atoms with van der Waals surface area (Å²) in [5, 5.41) is 0.203. The van der Waals surface area contributed by atoms with Crippen LogP contribution in [0.4, 0.5) is 11.8 Å². The molecule has 2 fully saturated rings. The van der Waals surface area contributed by atoms with Gasteiger partial charge in [-0.1, -0.05) is 0 Å². The van der Waals surface area contributed by atoms with E-state index in [0.29, 0.717) is 38.5 Å². The van der Waals surface area contributed by atoms with E-state index in [1.807, 2.05) is 23.4 Å². The maximum Gasteiger partial charge on any atom is 0.242 e. The van der Waals surface area contributed by atoms with Gasteiger partial charge in [0.2, 0.25) is 17.1 Å². The summed E-state index contributed by atoms with van der Waals surface area (Å²) < 4.78 is 7.44. The van der Waals surface area contributed by atoms with Crippen molar-refractivity contribution in [1.82, 2.24) is 24.4 Å². The Kier molecular flexibility index (Phi) is 4.58. The Morgan fingerprint density at radius 3 is 2.54 bits per heavy atom. The first-order valence-corrected chi connectivity index (χ1v) is 9.21. The van der Waals surface area contributed by atoms with Gasteiger partial charge >= 0.3 is 0 Å². The molecule has 0 atom stereocenters. The van der Waals surface area contributed by atoms with Crippen molar-refractivity contribution in [2.24, 2.45) is 0 Å². The average molecular weight is 380 g/mol. The first-order chi connectivity index (χ1) is 12.6. The first kappa shape index (κ1) is 17.3. The molecule has 1 amide bonds. The van der Waals surface area contributed by atoms with Gasteiger partial charge in [0.25, 0.3) is 0 Å². The van der Waals surface area contributed by atoms with Gasteiger partial charge in [-0.25, -0.2) is 4.98 Å². The highest BCUT2D eigenvalue weighted by Gasteiger charge is 2.28. The molecule has 2 aliphatic heterocycles. The molecule has 0 aromatic carbocycles. The zero-order valence-corrected chi connectivity index (χ0v) is 15.7. The second-order valence-electron chi connectivity index (χ2n) is 6.48. The summed E-state index contributed by atoms with van der Waals surface area (Å²) in [4.78, 5) is 31.7. The fraction of sp³-hybridized carbons (Fsp3) is 0.625. The zero-order chi connectivity index (χ0) is 18.3. The Morgan fingerprint density at radius 2 is 1.85 bits per heavy atom. The number of aromatic nitrogens is 4. The van der Waals surface area contributed by atoms with E-state index in [1.54, 1.807) is 4.90 Å². The number of nitrogens with zero attached hydrogens (tertiary/aromatic N) is 7. The van der Waals surface area contributed by atoms with Gasteiger partial charge < -0.3 is 19.4 Å². The summed E-state index contributed by atoms with van der Waals surface area (Å²) in [6.45, 7) is 7.22. The van der Waals surface area contributed by atoms with Crippen LogP contribution >= 0.6 is 11.6 Å². The second-order valence-corrected chi connectivity index (χ2v) is 6.82. The van der Waals surface area contributed by atoms with Crippen LogP contribution < -0.4 is 9.80 Å². The van der Waals surface area contributed by atoms with E-state index in [0.717, 1.165) is 36.9 Å². The molecular formula is C16H22ClN7O2. The van der Waals surface area contributed by atoms with Crippen LogP contribution in [-0.2, 0) is 16.1 Å². The lowest BCUT2D eigenvalue weighted by Gasteiger charge is -2.32. The van der Waals surface area contributed by atoms with Crippen molar-refractivity contribution >= 4 is 40.4 Å². The lowest BCUT2D eigenvalue weighted by molar-refractivity contribution is -0.129. The molecule has 0 N–H and O–H groups in total. The van der Waals surface area contributed by atoms with Crippen LogP contribution in [-0.4, -0.2) is 83.3 Å². The predicted octanol–water partition coefficient (Wildman–Crippen LogP) is 0.615. The Balaban J connectivity index is 1.80. The third-order valence-corrected chi connectivity index (χ3v) is 5.06. The average Bonchev–Trinajstić information content (AvgIpc) is 3.02. The number of imidazole rings is 1. The minimum Gasteiger partial charge on any atom is -0.378 e. The van der Waals surface area contributed by atoms with Gasteiger partial charge in [0.15, 0.2) is 17.0 Å². The molecule has 0 saturated carbocycles. The number of carbonyl (C=O) groups excluding carboxylic acids is 1. The highest BCUT2D eigenvalue weighted by atomic mass is 35.5. The standard InChI is InChI=1S/C16H22ClN7O2/c1-3-24-14-12(18-16(24)23-5-4-21(2)11(25)10-23)13(19-15(17)20-14)22-6-8-26-9-7-22/h3-10H2,1-2H3. The largest absolute Gasteiger partial charge is 0.378 e. The number of hydrogen-bond donors (Lipinski definition) is 0. The SMILES string of the molecule is CCn1c(N2CCN(C)C(=O)C2)nc2c(N3CCOCC3)nc(Cl)nc21. The van der Waals surface area contributed by atoms with Gasteiger partial charge in [0.1, 0.15) is 0 Å². The molecule has 4 heterocycles. The number of hydrogen-bond acceptors (Lipinski definition) is 7. The van der Waals surface area contributed by atoms with Crippen LogP contribution in [0.1, 0.15) is 6.92 Å². The minimum absolute atomic E-state index is 0.0866. The van der Waals surface area contributed by atoms with Gasteiger partial charge in [-0.15, -0.1) is 0 Å². The van der Waals surface area contributed by atoms with Crippen molar-refractivity contribution in [2.75, 3.05) is 62.8 Å². The molecular weight excluding hydrogens is 358 g/mol. The maximum atomic E-state index is 12.1. The number of halogens is 1. The minimum atomic E-state index is 0.0866. The van der Waals surface area contributed by atoms with E-state index < -0.39 is 0 Å². The van der Waals surface area contributed by atoms with Crippen molar-refractivity contribution in [3.8, 4) is 0 Å². The molecule has 0 spiro atoms. The zero-order valence-electron chi connectivity index (χ0n) is 15.0. The molecule has 0 aliphatic carbocycles. The molecule has 2 aromatic heterocycles. The summed E-state index contributed by atoms with van der Waals surface area (Å²) in [6.07, 6.45) is 0. The number of anilines is 2. The lowest BCUT2D eigenvalue weighted by atomic mass is 10.3. The van der Waals surface area contributed by atoms with E-state index >= 15 is 0 Å². The van der Waals surface area contributed by atoms with E-state index in [4.69, 9.17) is 21.3 Å². The van der Waals surface area contributed by atoms with Crippen molar-refractivity contribution in [3.63, 3.8) is 0 Å². The van der Waals surface area contributed by atoms with Gasteiger partial charge in [-0.05, 0) is 18.5 Å². The number of amides is 1. The van der Waals surface area contributed by atoms with Crippen molar-refractivity contribution in [1.29, 1.82) is 0 Å². The van der Waals surface area contributed by atoms with E-state index in [9.17, 15) is 4.79 Å². The van der Waals surface area contributed by atoms with Crippen LogP contribution in [0.5, 0.6) is 0 Å². The first-order valence-electron chi connectivity index (χ1n) is 8.84. The van der Waals surface area contributed by atoms with E-state index in [-0.39, 0.29) is 11.2 Å².